The fraction of sp³-hybridized carbons (Fsp3) is 0.618. The van der Waals surface area contributed by atoms with E-state index >= 15 is 0 Å². The standard InChI is InChI=1S/C34H51N7O6S/c1-23-29(48-22-37-23)25-10-8-24(9-11-25)20-36-31(44)27-19-26(42)21-41(27)32(45)30(34(2,3)4)38-28(43)7-5-6-13-39-15-17-40(18-16-39)14-12-35-33(46)47/h8-11,22,26-27,30,35,42H,5-7,12-21H2,1-4H3,(H,36,44)(H,38,43)(H,46,47)/t26-,27+,30-/m1/s1. The second-order valence-corrected chi connectivity index (χ2v) is 14.7. The summed E-state index contributed by atoms with van der Waals surface area (Å²) in [6.07, 6.45) is 0.114. The van der Waals surface area contributed by atoms with Gasteiger partial charge in [-0.05, 0) is 42.9 Å². The van der Waals surface area contributed by atoms with Crippen molar-refractivity contribution in [3.63, 3.8) is 0 Å². The van der Waals surface area contributed by atoms with E-state index in [1.54, 1.807) is 11.3 Å². The Labute approximate surface area is 287 Å². The minimum Gasteiger partial charge on any atom is -0.465 e. The van der Waals surface area contributed by atoms with Gasteiger partial charge in [0, 0.05) is 65.2 Å². The third kappa shape index (κ3) is 10.7. The summed E-state index contributed by atoms with van der Waals surface area (Å²) in [6.45, 7) is 13.5. The van der Waals surface area contributed by atoms with Gasteiger partial charge in [0.1, 0.15) is 12.1 Å². The summed E-state index contributed by atoms with van der Waals surface area (Å²) in [5.41, 5.74) is 4.16. The van der Waals surface area contributed by atoms with Gasteiger partial charge in [0.05, 0.1) is 22.2 Å². The van der Waals surface area contributed by atoms with Crippen molar-refractivity contribution >= 4 is 35.2 Å². The number of aromatic nitrogens is 1. The van der Waals surface area contributed by atoms with Crippen molar-refractivity contribution in [3.8, 4) is 10.4 Å². The number of carbonyl (C=O) groups excluding carboxylic acids is 3. The smallest absolute Gasteiger partial charge is 0.404 e. The van der Waals surface area contributed by atoms with Crippen molar-refractivity contribution in [2.24, 2.45) is 5.41 Å². The number of aliphatic hydroxyl groups is 1. The van der Waals surface area contributed by atoms with Gasteiger partial charge in [0.2, 0.25) is 17.7 Å². The second kappa shape index (κ2) is 17.2. The van der Waals surface area contributed by atoms with E-state index in [9.17, 15) is 24.3 Å². The molecule has 0 saturated carbocycles. The fourth-order valence-corrected chi connectivity index (χ4v) is 7.00. The van der Waals surface area contributed by atoms with Crippen molar-refractivity contribution in [3.05, 3.63) is 41.0 Å². The molecule has 2 aromatic rings. The van der Waals surface area contributed by atoms with E-state index in [0.717, 1.165) is 60.8 Å². The lowest BCUT2D eigenvalue weighted by Gasteiger charge is -2.35. The number of rotatable bonds is 14. The summed E-state index contributed by atoms with van der Waals surface area (Å²) in [4.78, 5) is 62.3. The van der Waals surface area contributed by atoms with Crippen molar-refractivity contribution in [1.82, 2.24) is 35.6 Å². The first-order chi connectivity index (χ1) is 22.8. The molecule has 264 valence electrons. The Morgan fingerprint density at radius 1 is 1.00 bits per heavy atom. The quantitative estimate of drug-likeness (QED) is 0.188. The summed E-state index contributed by atoms with van der Waals surface area (Å²) in [5.74, 6) is -0.913. The van der Waals surface area contributed by atoms with Crippen molar-refractivity contribution in [2.75, 3.05) is 52.4 Å². The van der Waals surface area contributed by atoms with Crippen LogP contribution in [0.2, 0.25) is 0 Å². The molecule has 0 radical (unpaired) electrons. The monoisotopic (exact) mass is 685 g/mol. The van der Waals surface area contributed by atoms with Gasteiger partial charge in [-0.2, -0.15) is 0 Å². The van der Waals surface area contributed by atoms with Crippen molar-refractivity contribution in [1.29, 1.82) is 0 Å². The van der Waals surface area contributed by atoms with Crippen molar-refractivity contribution < 1.29 is 29.4 Å². The molecule has 48 heavy (non-hydrogen) atoms. The van der Waals surface area contributed by atoms with E-state index in [4.69, 9.17) is 5.11 Å². The lowest BCUT2D eigenvalue weighted by molar-refractivity contribution is -0.144. The van der Waals surface area contributed by atoms with E-state index in [0.29, 0.717) is 19.5 Å². The molecule has 13 nitrogen and oxygen atoms in total. The molecule has 0 aliphatic carbocycles. The van der Waals surface area contributed by atoms with Crippen LogP contribution in [0, 0.1) is 12.3 Å². The highest BCUT2D eigenvalue weighted by Gasteiger charge is 2.44. The van der Waals surface area contributed by atoms with Gasteiger partial charge in [0.15, 0.2) is 0 Å². The summed E-state index contributed by atoms with van der Waals surface area (Å²) in [5, 5.41) is 27.5. The van der Waals surface area contributed by atoms with Gasteiger partial charge >= 0.3 is 6.09 Å². The van der Waals surface area contributed by atoms with Crippen LogP contribution in [0.3, 0.4) is 0 Å². The summed E-state index contributed by atoms with van der Waals surface area (Å²) >= 11 is 1.58. The molecule has 5 N–H and O–H groups in total. The zero-order chi connectivity index (χ0) is 34.8. The van der Waals surface area contributed by atoms with Crippen LogP contribution in [-0.2, 0) is 20.9 Å². The van der Waals surface area contributed by atoms with Gasteiger partial charge in [-0.1, -0.05) is 45.0 Å². The Bertz CT molecular complexity index is 1390. The average molecular weight is 686 g/mol. The Balaban J connectivity index is 1.23. The van der Waals surface area contributed by atoms with Crippen LogP contribution in [0.5, 0.6) is 0 Å². The first-order valence-corrected chi connectivity index (χ1v) is 17.7. The number of β-amino-alcohol motifs (C(OH)–C–C–N with tert-alkyl or cyclic N) is 1. The number of carboxylic acid groups (broad SMARTS) is 1. The zero-order valence-corrected chi connectivity index (χ0v) is 29.4. The molecular formula is C34H51N7O6S. The lowest BCUT2D eigenvalue weighted by Crippen LogP contribution is -2.57. The molecule has 0 bridgehead atoms. The van der Waals surface area contributed by atoms with Gasteiger partial charge in [-0.25, -0.2) is 9.78 Å². The maximum atomic E-state index is 13.9. The number of piperazine rings is 1. The van der Waals surface area contributed by atoms with Crippen molar-refractivity contribution in [2.45, 2.75) is 78.1 Å². The number of hydrogen-bond acceptors (Lipinski definition) is 9. The minimum absolute atomic E-state index is 0.0333. The third-order valence-corrected chi connectivity index (χ3v) is 9.99. The van der Waals surface area contributed by atoms with E-state index in [2.05, 4.69) is 30.7 Å². The molecule has 0 unspecified atom stereocenters. The molecule has 3 atom stereocenters. The van der Waals surface area contributed by atoms with Gasteiger partial charge < -0.3 is 36.0 Å². The molecule has 1 aromatic heterocycles. The predicted octanol–water partition coefficient (Wildman–Crippen LogP) is 2.28. The predicted molar refractivity (Wildman–Crippen MR) is 184 cm³/mol. The molecule has 4 rings (SSSR count). The van der Waals surface area contributed by atoms with Gasteiger partial charge in [-0.3, -0.25) is 19.3 Å². The molecule has 14 heteroatoms. The number of likely N-dealkylation sites (tertiary alicyclic amines) is 1. The van der Waals surface area contributed by atoms with Gasteiger partial charge in [-0.15, -0.1) is 11.3 Å². The molecule has 0 spiro atoms. The first kappa shape index (κ1) is 37.2. The van der Waals surface area contributed by atoms with Crippen LogP contribution in [0.25, 0.3) is 10.4 Å². The highest BCUT2D eigenvalue weighted by molar-refractivity contribution is 7.13. The number of nitrogens with one attached hydrogen (secondary N) is 3. The average Bonchev–Trinajstić information content (AvgIpc) is 3.66. The number of nitrogens with zero attached hydrogens (tertiary/aromatic N) is 4. The van der Waals surface area contributed by atoms with E-state index in [1.165, 1.54) is 4.90 Å². The molecule has 2 saturated heterocycles. The van der Waals surface area contributed by atoms with Crippen LogP contribution in [0.4, 0.5) is 4.79 Å². The van der Waals surface area contributed by atoms with E-state index < -0.39 is 29.7 Å². The molecule has 3 heterocycles. The number of aryl methyl sites for hydroxylation is 1. The first-order valence-electron chi connectivity index (χ1n) is 16.8. The Hall–Kier alpha value is -3.59. The maximum Gasteiger partial charge on any atom is 0.404 e. The number of carbonyl (C=O) groups is 4. The Morgan fingerprint density at radius 2 is 1.67 bits per heavy atom. The molecule has 1 aromatic carbocycles. The molecule has 2 fully saturated rings. The molecular weight excluding hydrogens is 634 g/mol. The number of unbranched alkanes of at least 4 members (excludes halogenated alkanes) is 1. The summed E-state index contributed by atoms with van der Waals surface area (Å²) in [7, 11) is 0. The summed E-state index contributed by atoms with van der Waals surface area (Å²) < 4.78 is 0. The van der Waals surface area contributed by atoms with Crippen LogP contribution in [-0.4, -0.2) is 124 Å². The summed E-state index contributed by atoms with van der Waals surface area (Å²) in [6, 6.07) is 6.23. The molecule has 2 aliphatic rings. The Morgan fingerprint density at radius 3 is 2.27 bits per heavy atom. The van der Waals surface area contributed by atoms with Crippen LogP contribution >= 0.6 is 11.3 Å². The van der Waals surface area contributed by atoms with Crippen LogP contribution in [0.1, 0.15) is 57.7 Å². The second-order valence-electron chi connectivity index (χ2n) is 13.8. The van der Waals surface area contributed by atoms with Crippen LogP contribution in [0.15, 0.2) is 29.8 Å². The fourth-order valence-electron chi connectivity index (χ4n) is 6.19. The number of thiazole rings is 1. The van der Waals surface area contributed by atoms with E-state index in [1.807, 2.05) is 57.5 Å². The molecule has 4 amide bonds. The topological polar surface area (TPSA) is 167 Å². The number of aliphatic hydroxyl groups excluding tert-OH is 1. The minimum atomic E-state index is -1.01. The third-order valence-electron chi connectivity index (χ3n) is 9.01. The number of benzene rings is 1. The number of hydrogen-bond donors (Lipinski definition) is 5. The molecule has 2 aliphatic heterocycles. The largest absolute Gasteiger partial charge is 0.465 e. The van der Waals surface area contributed by atoms with Crippen LogP contribution < -0.4 is 16.0 Å². The number of amides is 4. The SMILES string of the molecule is Cc1ncsc1-c1ccc(CNC(=O)[C@@H]2C[C@@H](O)CN2C(=O)[C@@H](NC(=O)CCCCN2CCN(CCNC(=O)O)CC2)C(C)(C)C)cc1. The van der Waals surface area contributed by atoms with Gasteiger partial charge in [0.25, 0.3) is 0 Å². The zero-order valence-electron chi connectivity index (χ0n) is 28.5. The lowest BCUT2D eigenvalue weighted by atomic mass is 9.85. The Kier molecular flexibility index (Phi) is 13.3. The normalized spacial score (nSPS) is 19.6. The van der Waals surface area contributed by atoms with E-state index in [-0.39, 0.29) is 43.7 Å². The maximum absolute atomic E-state index is 13.9. The highest BCUT2D eigenvalue weighted by Crippen LogP contribution is 2.28. The highest BCUT2D eigenvalue weighted by atomic mass is 32.1.